The maximum Gasteiger partial charge on any atom is 0.282 e. The van der Waals surface area contributed by atoms with Crippen molar-refractivity contribution in [3.8, 4) is 0 Å². The second kappa shape index (κ2) is 4.49. The second-order valence-electron chi connectivity index (χ2n) is 2.83. The first-order valence-corrected chi connectivity index (χ1v) is 5.39. The van der Waals surface area contributed by atoms with Gasteiger partial charge in [-0.05, 0) is 18.5 Å². The van der Waals surface area contributed by atoms with Crippen molar-refractivity contribution >= 4 is 28.8 Å². The van der Waals surface area contributed by atoms with E-state index in [0.29, 0.717) is 5.82 Å². The maximum atomic E-state index is 11.6. The molecule has 0 saturated heterocycles. The van der Waals surface area contributed by atoms with Crippen molar-refractivity contribution in [3.63, 3.8) is 0 Å². The van der Waals surface area contributed by atoms with Crippen LogP contribution in [0, 0.1) is 0 Å². The fraction of sp³-hybridized carbons (Fsp3) is 0.333. The van der Waals surface area contributed by atoms with Gasteiger partial charge in [0, 0.05) is 0 Å². The third-order valence-corrected chi connectivity index (χ3v) is 2.71. The number of halogens is 1. The van der Waals surface area contributed by atoms with Crippen LogP contribution in [0.2, 0.25) is 4.47 Å². The van der Waals surface area contributed by atoms with Gasteiger partial charge in [0.05, 0.1) is 6.04 Å². The largest absolute Gasteiger partial charge is 0.340 e. The Balaban J connectivity index is 2.03. The molecule has 1 amide bonds. The Kier molecular flexibility index (Phi) is 3.06. The first-order chi connectivity index (χ1) is 7.66. The highest BCUT2D eigenvalue weighted by Crippen LogP contribution is 2.15. The van der Waals surface area contributed by atoms with Gasteiger partial charge in [0.1, 0.15) is 0 Å². The third-order valence-electron chi connectivity index (χ3n) is 1.69. The van der Waals surface area contributed by atoms with Crippen molar-refractivity contribution in [1.82, 2.24) is 36.1 Å². The lowest BCUT2D eigenvalue weighted by atomic mass is 10.3. The number of tetrazole rings is 1. The number of aromatic amines is 1. The van der Waals surface area contributed by atoms with E-state index in [4.69, 9.17) is 11.6 Å². The van der Waals surface area contributed by atoms with E-state index in [1.807, 2.05) is 0 Å². The second-order valence-corrected chi connectivity index (χ2v) is 4.38. The number of amides is 1. The molecule has 10 heteroatoms. The predicted octanol–water partition coefficient (Wildman–Crippen LogP) is 0.196. The van der Waals surface area contributed by atoms with E-state index in [1.54, 1.807) is 6.92 Å². The molecule has 2 N–H and O–H groups in total. The topological polar surface area (TPSA) is 109 Å². The average Bonchev–Trinajstić information content (AvgIpc) is 2.87. The summed E-state index contributed by atoms with van der Waals surface area (Å²) in [5.74, 6) is 0.0191. The Morgan fingerprint density at radius 1 is 1.50 bits per heavy atom. The molecule has 2 heterocycles. The van der Waals surface area contributed by atoms with Gasteiger partial charge >= 0.3 is 0 Å². The molecule has 2 aromatic heterocycles. The van der Waals surface area contributed by atoms with Crippen molar-refractivity contribution in [2.45, 2.75) is 13.0 Å². The SMILES string of the molecule is CC(NC(=O)c1nnc(Cl)s1)c1nn[nH]n1. The van der Waals surface area contributed by atoms with Crippen LogP contribution in [0.1, 0.15) is 28.6 Å². The molecular formula is C6H6ClN7OS. The van der Waals surface area contributed by atoms with Crippen LogP contribution in [0.4, 0.5) is 0 Å². The van der Waals surface area contributed by atoms with Crippen LogP contribution in [-0.2, 0) is 0 Å². The Labute approximate surface area is 98.4 Å². The summed E-state index contributed by atoms with van der Waals surface area (Å²) >= 11 is 6.57. The maximum absolute atomic E-state index is 11.6. The van der Waals surface area contributed by atoms with Gasteiger partial charge in [-0.2, -0.15) is 5.21 Å². The molecule has 16 heavy (non-hydrogen) atoms. The molecule has 0 aromatic carbocycles. The summed E-state index contributed by atoms with van der Waals surface area (Å²) in [6, 6.07) is -0.367. The third kappa shape index (κ3) is 2.31. The van der Waals surface area contributed by atoms with Gasteiger partial charge in [-0.25, -0.2) is 0 Å². The number of nitrogens with zero attached hydrogens (tertiary/aromatic N) is 5. The zero-order valence-electron chi connectivity index (χ0n) is 8.01. The van der Waals surface area contributed by atoms with Crippen molar-refractivity contribution in [1.29, 1.82) is 0 Å². The highest BCUT2D eigenvalue weighted by Gasteiger charge is 2.17. The zero-order valence-corrected chi connectivity index (χ0v) is 9.58. The Bertz CT molecular complexity index is 483. The number of hydrogen-bond donors (Lipinski definition) is 2. The lowest BCUT2D eigenvalue weighted by Gasteiger charge is -2.07. The molecule has 0 spiro atoms. The summed E-state index contributed by atoms with van der Waals surface area (Å²) < 4.78 is 0.220. The van der Waals surface area contributed by atoms with Crippen LogP contribution in [-0.4, -0.2) is 36.7 Å². The number of carbonyl (C=O) groups is 1. The first-order valence-electron chi connectivity index (χ1n) is 4.20. The molecule has 0 aliphatic heterocycles. The molecule has 1 atom stereocenters. The van der Waals surface area contributed by atoms with Gasteiger partial charge in [0.25, 0.3) is 5.91 Å². The van der Waals surface area contributed by atoms with Crippen molar-refractivity contribution in [2.75, 3.05) is 0 Å². The number of H-pyrrole nitrogens is 1. The van der Waals surface area contributed by atoms with E-state index in [1.165, 1.54) is 0 Å². The molecule has 8 nitrogen and oxygen atoms in total. The number of rotatable bonds is 3. The molecule has 0 fully saturated rings. The van der Waals surface area contributed by atoms with E-state index in [9.17, 15) is 4.79 Å². The molecule has 0 saturated carbocycles. The van der Waals surface area contributed by atoms with Gasteiger partial charge in [-0.3, -0.25) is 4.79 Å². The van der Waals surface area contributed by atoms with Crippen LogP contribution in [0.5, 0.6) is 0 Å². The summed E-state index contributed by atoms with van der Waals surface area (Å²) in [4.78, 5) is 11.6. The van der Waals surface area contributed by atoms with Crippen LogP contribution in [0.25, 0.3) is 0 Å². The minimum absolute atomic E-state index is 0.195. The molecule has 0 aliphatic rings. The van der Waals surface area contributed by atoms with Gasteiger partial charge in [-0.1, -0.05) is 16.6 Å². The molecule has 0 bridgehead atoms. The summed E-state index contributed by atoms with van der Waals surface area (Å²) in [7, 11) is 0. The van der Waals surface area contributed by atoms with Gasteiger partial charge < -0.3 is 5.32 Å². The number of aromatic nitrogens is 6. The molecule has 2 rings (SSSR count). The fourth-order valence-corrected chi connectivity index (χ4v) is 1.70. The Hall–Kier alpha value is -1.61. The standard InChI is InChI=1S/C6H6ClN7OS/c1-2(3-9-13-14-10-3)8-4(15)5-11-12-6(7)16-5/h2H,1H3,(H,8,15)(H,9,10,13,14). The first kappa shape index (κ1) is 10.9. The minimum atomic E-state index is -0.373. The van der Waals surface area contributed by atoms with Crippen LogP contribution >= 0.6 is 22.9 Å². The van der Waals surface area contributed by atoms with Crippen molar-refractivity contribution in [2.24, 2.45) is 0 Å². The molecule has 1 unspecified atom stereocenters. The quantitative estimate of drug-likeness (QED) is 0.815. The molecule has 84 valence electrons. The molecular weight excluding hydrogens is 254 g/mol. The van der Waals surface area contributed by atoms with Gasteiger partial charge in [0.15, 0.2) is 5.82 Å². The predicted molar refractivity (Wildman–Crippen MR) is 55.0 cm³/mol. The molecule has 0 radical (unpaired) electrons. The number of nitrogens with one attached hydrogen (secondary N) is 2. The van der Waals surface area contributed by atoms with E-state index in [-0.39, 0.29) is 21.4 Å². The van der Waals surface area contributed by atoms with Crippen LogP contribution in [0.3, 0.4) is 0 Å². The van der Waals surface area contributed by atoms with Crippen LogP contribution in [0.15, 0.2) is 0 Å². The molecule has 0 aliphatic carbocycles. The lowest BCUT2D eigenvalue weighted by molar-refractivity contribution is 0.0937. The lowest BCUT2D eigenvalue weighted by Crippen LogP contribution is -2.27. The summed E-state index contributed by atoms with van der Waals surface area (Å²) in [6.45, 7) is 1.73. The zero-order chi connectivity index (χ0) is 11.5. The van der Waals surface area contributed by atoms with Crippen molar-refractivity contribution in [3.05, 3.63) is 15.3 Å². The molecule has 2 aromatic rings. The Morgan fingerprint density at radius 3 is 2.88 bits per heavy atom. The summed E-state index contributed by atoms with van der Waals surface area (Å²) in [5, 5.41) is 23.2. The van der Waals surface area contributed by atoms with E-state index in [0.717, 1.165) is 11.3 Å². The minimum Gasteiger partial charge on any atom is -0.340 e. The van der Waals surface area contributed by atoms with E-state index in [2.05, 4.69) is 36.1 Å². The van der Waals surface area contributed by atoms with Crippen LogP contribution < -0.4 is 5.32 Å². The number of carbonyl (C=O) groups excluding carboxylic acids is 1. The Morgan fingerprint density at radius 2 is 2.31 bits per heavy atom. The highest BCUT2D eigenvalue weighted by atomic mass is 35.5. The number of hydrogen-bond acceptors (Lipinski definition) is 7. The normalized spacial score (nSPS) is 12.4. The summed E-state index contributed by atoms with van der Waals surface area (Å²) in [5.41, 5.74) is 0. The monoisotopic (exact) mass is 259 g/mol. The smallest absolute Gasteiger partial charge is 0.282 e. The van der Waals surface area contributed by atoms with Gasteiger partial charge in [-0.15, -0.1) is 20.4 Å². The average molecular weight is 260 g/mol. The van der Waals surface area contributed by atoms with Crippen molar-refractivity contribution < 1.29 is 4.79 Å². The van der Waals surface area contributed by atoms with E-state index < -0.39 is 0 Å². The van der Waals surface area contributed by atoms with E-state index >= 15 is 0 Å². The highest BCUT2D eigenvalue weighted by molar-refractivity contribution is 7.17. The fourth-order valence-electron chi connectivity index (χ4n) is 0.973. The summed E-state index contributed by atoms with van der Waals surface area (Å²) in [6.07, 6.45) is 0. The van der Waals surface area contributed by atoms with Gasteiger partial charge in [0.2, 0.25) is 9.47 Å².